The van der Waals surface area contributed by atoms with Crippen LogP contribution in [-0.2, 0) is 0 Å². The molecule has 1 radical (unpaired) electrons. The third-order valence-corrected chi connectivity index (χ3v) is 10.3. The quantitative estimate of drug-likeness (QED) is 0.529. The summed E-state index contributed by atoms with van der Waals surface area (Å²) in [5, 5.41) is 20.4. The first-order chi connectivity index (χ1) is 13.6. The molecule has 0 heterocycles. The van der Waals surface area contributed by atoms with Gasteiger partial charge in [0.15, 0.2) is 0 Å². The Bertz CT molecular complexity index is 631. The number of aliphatic hydroxyl groups excluding tert-OH is 1. The molecule has 4 aliphatic carbocycles. The van der Waals surface area contributed by atoms with Crippen LogP contribution in [-0.4, -0.2) is 21.9 Å². The van der Waals surface area contributed by atoms with Gasteiger partial charge in [-0.05, 0) is 125 Å². The molecule has 0 bridgehead atoms. The van der Waals surface area contributed by atoms with E-state index in [-0.39, 0.29) is 0 Å². The molecule has 0 aromatic carbocycles. The highest BCUT2D eigenvalue weighted by atomic mass is 16.3. The van der Waals surface area contributed by atoms with Crippen molar-refractivity contribution in [3.8, 4) is 0 Å². The summed E-state index contributed by atoms with van der Waals surface area (Å²) in [6.45, 7) is 11.1. The summed E-state index contributed by atoms with van der Waals surface area (Å²) < 4.78 is 0. The fraction of sp³-hybridized carbons (Fsp3) is 0.889. The Morgan fingerprint density at radius 1 is 1.10 bits per heavy atom. The Kier molecular flexibility index (Phi) is 5.78. The summed E-state index contributed by atoms with van der Waals surface area (Å²) in [5.41, 5.74) is 1.72. The Balaban J connectivity index is 1.47. The van der Waals surface area contributed by atoms with Gasteiger partial charge in [0.1, 0.15) is 0 Å². The summed E-state index contributed by atoms with van der Waals surface area (Å²) in [7, 11) is 0. The van der Waals surface area contributed by atoms with Gasteiger partial charge < -0.3 is 10.2 Å². The molecule has 165 valence electrons. The first-order valence-corrected chi connectivity index (χ1v) is 12.5. The standard InChI is InChI=1S/C27H45O2/c1-18(9-14-24(28)25(2,3)29)21-12-13-22-20-11-10-19-8-6-7-16-26(19,4)23(20)15-17-27(21,22)5/h6,10,18,20-24,28-29H,7-9,11-17H2,1-5H3/t18-,20+,21-,22+,23+,24+,26+,27-/m1/s1. The molecule has 0 saturated heterocycles. The van der Waals surface area contributed by atoms with E-state index in [9.17, 15) is 10.2 Å². The van der Waals surface area contributed by atoms with Gasteiger partial charge in [-0.15, -0.1) is 0 Å². The second-order valence-corrected chi connectivity index (χ2v) is 12.2. The molecule has 4 rings (SSSR count). The van der Waals surface area contributed by atoms with Crippen LogP contribution in [0.4, 0.5) is 0 Å². The molecule has 0 spiro atoms. The summed E-state index contributed by atoms with van der Waals surface area (Å²) >= 11 is 0. The van der Waals surface area contributed by atoms with Crippen LogP contribution >= 0.6 is 0 Å². The van der Waals surface area contributed by atoms with Crippen molar-refractivity contribution in [3.63, 3.8) is 0 Å². The van der Waals surface area contributed by atoms with Crippen LogP contribution in [0.5, 0.6) is 0 Å². The van der Waals surface area contributed by atoms with E-state index in [1.165, 1.54) is 51.4 Å². The van der Waals surface area contributed by atoms with E-state index in [1.807, 2.05) is 0 Å². The summed E-state index contributed by atoms with van der Waals surface area (Å²) in [5.74, 6) is 4.09. The smallest absolute Gasteiger partial charge is 0.0849 e. The summed E-state index contributed by atoms with van der Waals surface area (Å²) in [6, 6.07) is 0. The Hall–Kier alpha value is -0.340. The van der Waals surface area contributed by atoms with Gasteiger partial charge in [-0.1, -0.05) is 32.4 Å². The van der Waals surface area contributed by atoms with Gasteiger partial charge in [-0.25, -0.2) is 0 Å². The van der Waals surface area contributed by atoms with Crippen molar-refractivity contribution in [1.29, 1.82) is 0 Å². The molecular weight excluding hydrogens is 356 g/mol. The van der Waals surface area contributed by atoms with Crippen molar-refractivity contribution in [1.82, 2.24) is 0 Å². The minimum absolute atomic E-state index is 0.472. The van der Waals surface area contributed by atoms with Gasteiger partial charge in [0, 0.05) is 0 Å². The topological polar surface area (TPSA) is 40.5 Å². The third kappa shape index (κ3) is 3.65. The zero-order chi connectivity index (χ0) is 21.0. The Morgan fingerprint density at radius 3 is 2.59 bits per heavy atom. The van der Waals surface area contributed by atoms with Gasteiger partial charge in [0.2, 0.25) is 0 Å². The van der Waals surface area contributed by atoms with Crippen LogP contribution in [0.2, 0.25) is 0 Å². The minimum Gasteiger partial charge on any atom is -0.390 e. The fourth-order valence-corrected chi connectivity index (χ4v) is 8.43. The molecule has 3 fully saturated rings. The maximum Gasteiger partial charge on any atom is 0.0849 e. The van der Waals surface area contributed by atoms with Crippen molar-refractivity contribution in [2.45, 2.75) is 111 Å². The lowest BCUT2D eigenvalue weighted by Crippen LogP contribution is -2.50. The highest BCUT2D eigenvalue weighted by Gasteiger charge is 2.58. The SMILES string of the molecule is C[C@H](CC[C@H](O)C(C)(C)O)[C@H]1CC[C@H]2[C@@H]3CC=C4C[CH]CC[C@]4(C)[C@H]3CC[C@]12C. The summed E-state index contributed by atoms with van der Waals surface area (Å²) in [4.78, 5) is 0. The molecule has 2 nitrogen and oxygen atoms in total. The zero-order valence-electron chi connectivity index (χ0n) is 19.6. The van der Waals surface area contributed by atoms with E-state index in [2.05, 4.69) is 33.3 Å². The molecule has 8 atom stereocenters. The van der Waals surface area contributed by atoms with Crippen LogP contribution in [0, 0.1) is 46.8 Å². The van der Waals surface area contributed by atoms with Crippen molar-refractivity contribution in [2.24, 2.45) is 40.4 Å². The summed E-state index contributed by atoms with van der Waals surface area (Å²) in [6.07, 6.45) is 17.1. The molecule has 0 unspecified atom stereocenters. The number of rotatable bonds is 5. The molecule has 29 heavy (non-hydrogen) atoms. The second-order valence-electron chi connectivity index (χ2n) is 12.2. The average molecular weight is 402 g/mol. The van der Waals surface area contributed by atoms with Crippen LogP contribution < -0.4 is 0 Å². The maximum absolute atomic E-state index is 10.3. The van der Waals surface area contributed by atoms with E-state index < -0.39 is 11.7 Å². The fourth-order valence-electron chi connectivity index (χ4n) is 8.43. The molecule has 0 amide bonds. The maximum atomic E-state index is 10.3. The highest BCUT2D eigenvalue weighted by Crippen LogP contribution is 2.67. The molecular formula is C27H45O2. The normalized spacial score (nSPS) is 44.3. The lowest BCUT2D eigenvalue weighted by Gasteiger charge is -2.58. The monoisotopic (exact) mass is 401 g/mol. The van der Waals surface area contributed by atoms with Gasteiger partial charge in [0.25, 0.3) is 0 Å². The lowest BCUT2D eigenvalue weighted by atomic mass is 9.47. The van der Waals surface area contributed by atoms with Crippen molar-refractivity contribution >= 4 is 0 Å². The number of fused-ring (bicyclic) bond motifs is 5. The van der Waals surface area contributed by atoms with Crippen molar-refractivity contribution in [2.75, 3.05) is 0 Å². The van der Waals surface area contributed by atoms with Gasteiger partial charge in [-0.2, -0.15) is 0 Å². The van der Waals surface area contributed by atoms with E-state index in [0.29, 0.717) is 23.2 Å². The van der Waals surface area contributed by atoms with Gasteiger partial charge in [-0.3, -0.25) is 0 Å². The first kappa shape index (κ1) is 21.9. The molecule has 3 saturated carbocycles. The molecule has 2 N–H and O–H groups in total. The minimum atomic E-state index is -0.987. The number of hydrogen-bond donors (Lipinski definition) is 2. The zero-order valence-corrected chi connectivity index (χ0v) is 19.6. The van der Waals surface area contributed by atoms with Crippen LogP contribution in [0.25, 0.3) is 0 Å². The number of allylic oxidation sites excluding steroid dienone is 2. The van der Waals surface area contributed by atoms with Gasteiger partial charge in [0.05, 0.1) is 11.7 Å². The molecule has 2 heteroatoms. The predicted octanol–water partition coefficient (Wildman–Crippen LogP) is 6.32. The van der Waals surface area contributed by atoms with E-state index in [0.717, 1.165) is 30.1 Å². The number of hydrogen-bond acceptors (Lipinski definition) is 2. The van der Waals surface area contributed by atoms with E-state index in [1.54, 1.807) is 19.4 Å². The highest BCUT2D eigenvalue weighted by molar-refractivity contribution is 5.26. The van der Waals surface area contributed by atoms with E-state index in [4.69, 9.17) is 0 Å². The average Bonchev–Trinajstić information content (AvgIpc) is 3.01. The Labute approximate surface area is 179 Å². The second kappa shape index (κ2) is 7.66. The van der Waals surface area contributed by atoms with Crippen molar-refractivity contribution in [3.05, 3.63) is 18.1 Å². The largest absolute Gasteiger partial charge is 0.390 e. The Morgan fingerprint density at radius 2 is 1.86 bits per heavy atom. The first-order valence-electron chi connectivity index (χ1n) is 12.5. The van der Waals surface area contributed by atoms with Crippen LogP contribution in [0.1, 0.15) is 98.8 Å². The molecule has 0 aromatic rings. The van der Waals surface area contributed by atoms with Crippen LogP contribution in [0.3, 0.4) is 0 Å². The molecule has 0 aromatic heterocycles. The predicted molar refractivity (Wildman–Crippen MR) is 120 cm³/mol. The molecule has 4 aliphatic rings. The lowest BCUT2D eigenvalue weighted by molar-refractivity contribution is -0.0622. The van der Waals surface area contributed by atoms with Crippen LogP contribution in [0.15, 0.2) is 11.6 Å². The van der Waals surface area contributed by atoms with E-state index >= 15 is 0 Å². The molecule has 0 aliphatic heterocycles. The number of aliphatic hydroxyl groups is 2. The third-order valence-electron chi connectivity index (χ3n) is 10.3. The van der Waals surface area contributed by atoms with Crippen molar-refractivity contribution < 1.29 is 10.2 Å². The van der Waals surface area contributed by atoms with Gasteiger partial charge >= 0.3 is 0 Å².